The van der Waals surface area contributed by atoms with Crippen molar-refractivity contribution in [2.45, 2.75) is 103 Å². The minimum Gasteiger partial charge on any atom is -0.508 e. The van der Waals surface area contributed by atoms with Crippen LogP contribution in [-0.4, -0.2) is 58.4 Å². The number of phenols is 1. The Morgan fingerprint density at radius 3 is 2.55 bits per heavy atom. The minimum absolute atomic E-state index is 0.0105. The van der Waals surface area contributed by atoms with Crippen LogP contribution in [0.4, 0.5) is 23.2 Å². The fraction of sp³-hybridized carbons (Fsp3) is 0.568. The molecule has 10 heteroatoms. The molecular weight excluding hydrogens is 608 g/mol. The van der Waals surface area contributed by atoms with Crippen molar-refractivity contribution < 1.29 is 30.1 Å². The van der Waals surface area contributed by atoms with Crippen LogP contribution in [0.1, 0.15) is 98.5 Å². The molecule has 254 valence electrons. The van der Waals surface area contributed by atoms with Gasteiger partial charge in [0.15, 0.2) is 0 Å². The number of aromatic nitrogens is 2. The van der Waals surface area contributed by atoms with E-state index in [0.717, 1.165) is 62.6 Å². The van der Waals surface area contributed by atoms with Gasteiger partial charge in [-0.05, 0) is 86.7 Å². The Morgan fingerprint density at radius 2 is 1.87 bits per heavy atom. The van der Waals surface area contributed by atoms with Crippen molar-refractivity contribution in [3.05, 3.63) is 51.9 Å². The highest BCUT2D eigenvalue weighted by atomic mass is 19.4. The maximum Gasteiger partial charge on any atom is 0.412 e. The summed E-state index contributed by atoms with van der Waals surface area (Å²) in [6.45, 7) is 6.06. The normalized spacial score (nSPS) is 20.7. The van der Waals surface area contributed by atoms with Crippen molar-refractivity contribution >= 4 is 28.7 Å². The molecule has 3 heterocycles. The summed E-state index contributed by atoms with van der Waals surface area (Å²) in [6.07, 6.45) is 5.92. The van der Waals surface area contributed by atoms with Crippen molar-refractivity contribution in [1.82, 2.24) is 14.9 Å². The predicted molar refractivity (Wildman–Crippen MR) is 177 cm³/mol. The van der Waals surface area contributed by atoms with Gasteiger partial charge >= 0.3 is 12.2 Å². The average Bonchev–Trinajstić information content (AvgIpc) is 3.67. The lowest BCUT2D eigenvalue weighted by Crippen LogP contribution is -2.51. The second-order valence-corrected chi connectivity index (χ2v) is 13.5. The van der Waals surface area contributed by atoms with Gasteiger partial charge in [0.25, 0.3) is 0 Å². The molecule has 0 amide bonds. The second kappa shape index (κ2) is 13.6. The van der Waals surface area contributed by atoms with Gasteiger partial charge < -0.3 is 19.6 Å². The summed E-state index contributed by atoms with van der Waals surface area (Å²) in [5.41, 5.74) is -0.111. The molecular formula is C37H46F4N4O2. The van der Waals surface area contributed by atoms with Gasteiger partial charge in [-0.15, -0.1) is 0 Å². The number of unbranched alkanes of at least 4 members (excludes halogenated alkanes) is 3. The highest BCUT2D eigenvalue weighted by Gasteiger charge is 2.46. The van der Waals surface area contributed by atoms with E-state index in [-0.39, 0.29) is 51.3 Å². The monoisotopic (exact) mass is 656 g/mol. The minimum atomic E-state index is -4.76. The number of phenolic OH excluding ortho intramolecular Hbond substituents is 1. The molecule has 6 rings (SSSR count). The molecule has 6 nitrogen and oxygen atoms in total. The van der Waals surface area contributed by atoms with Gasteiger partial charge in [0.1, 0.15) is 17.6 Å². The van der Waals surface area contributed by atoms with E-state index in [0.29, 0.717) is 36.9 Å². The van der Waals surface area contributed by atoms with E-state index in [2.05, 4.69) is 21.8 Å². The summed E-state index contributed by atoms with van der Waals surface area (Å²) in [6, 6.07) is 2.94. The number of alkyl halides is 3. The van der Waals surface area contributed by atoms with E-state index < -0.39 is 30.0 Å². The summed E-state index contributed by atoms with van der Waals surface area (Å²) in [7, 11) is 0. The molecule has 1 saturated carbocycles. The molecule has 1 aromatic heterocycles. The molecule has 2 aliphatic heterocycles. The molecule has 2 atom stereocenters. The number of likely N-dealkylation sites (tertiary alicyclic amines) is 1. The first-order chi connectivity index (χ1) is 23.3. The molecule has 0 spiro atoms. The molecule has 1 saturated heterocycles. The fourth-order valence-electron chi connectivity index (χ4n) is 7.10. The van der Waals surface area contributed by atoms with E-state index in [9.17, 15) is 5.11 Å². The Kier molecular flexibility index (Phi) is 8.95. The number of rotatable bonds is 13. The van der Waals surface area contributed by atoms with Crippen LogP contribution in [0, 0.1) is 11.2 Å². The number of aromatic hydroxyl groups is 1. The van der Waals surface area contributed by atoms with Crippen molar-refractivity contribution in [1.29, 1.82) is 0 Å². The highest BCUT2D eigenvalue weighted by Crippen LogP contribution is 2.47. The lowest BCUT2D eigenvalue weighted by Gasteiger charge is -2.34. The summed E-state index contributed by atoms with van der Waals surface area (Å²) >= 11 is 0. The van der Waals surface area contributed by atoms with Crippen molar-refractivity contribution in [3.8, 4) is 11.8 Å². The molecule has 0 radical (unpaired) electrons. The van der Waals surface area contributed by atoms with Crippen LogP contribution < -0.4 is 20.2 Å². The highest BCUT2D eigenvalue weighted by molar-refractivity contribution is 6.00. The van der Waals surface area contributed by atoms with Crippen molar-refractivity contribution in [2.24, 2.45) is 5.41 Å². The number of hydrogen-bond donors (Lipinski definition) is 1. The Morgan fingerprint density at radius 1 is 1.11 bits per heavy atom. The van der Waals surface area contributed by atoms with Gasteiger partial charge in [0.05, 0.1) is 26.0 Å². The van der Waals surface area contributed by atoms with Crippen LogP contribution in [-0.2, 0) is 6.42 Å². The zero-order valence-corrected chi connectivity index (χ0v) is 27.5. The third-order valence-corrected chi connectivity index (χ3v) is 9.86. The van der Waals surface area contributed by atoms with E-state index in [4.69, 9.17) is 7.48 Å². The van der Waals surface area contributed by atoms with Crippen LogP contribution in [0.3, 0.4) is 0 Å². The number of aryl methyl sites for hydroxylation is 1. The molecule has 3 aromatic rings. The second-order valence-electron chi connectivity index (χ2n) is 13.5. The topological polar surface area (TPSA) is 61.7 Å². The zero-order valence-electron chi connectivity index (χ0n) is 29.5. The van der Waals surface area contributed by atoms with Crippen molar-refractivity contribution in [3.63, 3.8) is 0 Å². The number of halogens is 4. The lowest BCUT2D eigenvalue weighted by molar-refractivity contribution is -0.132. The van der Waals surface area contributed by atoms with Crippen LogP contribution >= 0.6 is 0 Å². The van der Waals surface area contributed by atoms with Gasteiger partial charge in [-0.25, -0.2) is 4.39 Å². The smallest absolute Gasteiger partial charge is 0.412 e. The fourth-order valence-corrected chi connectivity index (χ4v) is 7.10. The largest absolute Gasteiger partial charge is 0.508 e. The Labute approximate surface area is 277 Å². The number of fused-ring (bicyclic) bond motifs is 2. The molecule has 47 heavy (non-hydrogen) atoms. The van der Waals surface area contributed by atoms with Gasteiger partial charge in [-0.2, -0.15) is 23.1 Å². The van der Waals surface area contributed by atoms with Gasteiger partial charge in [-0.1, -0.05) is 52.5 Å². The van der Waals surface area contributed by atoms with E-state index in [1.807, 2.05) is 6.92 Å². The molecule has 2 aromatic carbocycles. The zero-order chi connectivity index (χ0) is 35.1. The maximum atomic E-state index is 15.1. The molecule has 1 N–H and O–H groups in total. The van der Waals surface area contributed by atoms with Gasteiger partial charge in [0, 0.05) is 34.8 Å². The molecule has 2 fully saturated rings. The Hall–Kier alpha value is -3.40. The summed E-state index contributed by atoms with van der Waals surface area (Å²) < 4.78 is 84.2. The molecule has 3 aliphatic rings. The van der Waals surface area contributed by atoms with Crippen LogP contribution in [0.25, 0.3) is 23.0 Å². The molecule has 1 aliphatic carbocycles. The van der Waals surface area contributed by atoms with Gasteiger partial charge in [0.2, 0.25) is 0 Å². The van der Waals surface area contributed by atoms with Gasteiger partial charge in [-0.3, -0.25) is 0 Å². The number of anilines is 1. The van der Waals surface area contributed by atoms with Crippen molar-refractivity contribution in [2.75, 3.05) is 31.1 Å². The number of nitrogens with zero attached hydrogens (tertiary/aromatic N) is 4. The third-order valence-electron chi connectivity index (χ3n) is 9.86. The average molecular weight is 657 g/mol. The summed E-state index contributed by atoms with van der Waals surface area (Å²) in [4.78, 5) is 12.5. The predicted octanol–water partition coefficient (Wildman–Crippen LogP) is 7.34. The van der Waals surface area contributed by atoms with E-state index in [1.165, 1.54) is 30.5 Å². The first kappa shape index (κ1) is 30.9. The van der Waals surface area contributed by atoms with E-state index in [1.54, 1.807) is 6.92 Å². The maximum absolute atomic E-state index is 15.1. The number of hydrogen-bond acceptors (Lipinski definition) is 6. The number of ether oxygens (including phenoxy) is 1. The Balaban J connectivity index is 1.50. The van der Waals surface area contributed by atoms with Crippen LogP contribution in [0.5, 0.6) is 11.8 Å². The standard InChI is InChI=1S/C37H46F4N4O2/c1-4-6-7-8-11-24(3)34-28-20-32(37(39,40)41)45(31-19-26(46)18-25-12-13-29(38)27(5-2)33(25)31)21-30(28)42-35(43-34)47-23-36(14-15-36)22-44-16-9-10-17-44/h12-13,18-21,24,32,46H,4-11,14-17,22-23H2,1-3H3/i23D2. The Bertz CT molecular complexity index is 1810. The van der Waals surface area contributed by atoms with Crippen LogP contribution in [0.15, 0.2) is 24.3 Å². The third kappa shape index (κ3) is 7.22. The molecule has 0 bridgehead atoms. The SMILES string of the molecule is [2H]C([2H])(Oc1nc(C(C)CCCCCC)c2c(n1)=CN(c1cc(O)cc3ccc(F)c(CC)c13)C(C(F)(F)F)C=2)C1(CN2CCCC2)CC1. The quantitative estimate of drug-likeness (QED) is 0.154. The molecule has 2 unspecified atom stereocenters. The van der Waals surface area contributed by atoms with E-state index >= 15 is 17.6 Å². The first-order valence-electron chi connectivity index (χ1n) is 18.1. The van der Waals surface area contributed by atoms with Crippen LogP contribution in [0.2, 0.25) is 0 Å². The summed E-state index contributed by atoms with van der Waals surface area (Å²) in [5.74, 6) is -1.06. The summed E-state index contributed by atoms with van der Waals surface area (Å²) in [5, 5.41) is 11.7. The number of benzene rings is 2. The lowest BCUT2D eigenvalue weighted by atomic mass is 9.95. The first-order valence-corrected chi connectivity index (χ1v) is 17.1.